The van der Waals surface area contributed by atoms with Crippen molar-refractivity contribution in [2.24, 2.45) is 0 Å². The number of rotatable bonds is 9. The van der Waals surface area contributed by atoms with Crippen LogP contribution in [0.1, 0.15) is 38.8 Å². The number of anilines is 4. The number of amides is 1. The number of carbonyl (C=O) groups is 1. The molecule has 2 aromatic heterocycles. The minimum Gasteiger partial charge on any atom is -0.444 e. The molecule has 0 aliphatic rings. The number of aliphatic hydroxyl groups is 1. The molecule has 1 amide bonds. The van der Waals surface area contributed by atoms with Crippen LogP contribution in [0.5, 0.6) is 0 Å². The van der Waals surface area contributed by atoms with Crippen LogP contribution in [-0.4, -0.2) is 49.8 Å². The zero-order valence-corrected chi connectivity index (χ0v) is 23.4. The fourth-order valence-corrected chi connectivity index (χ4v) is 4.00. The summed E-state index contributed by atoms with van der Waals surface area (Å²) < 4.78 is 5.41. The molecule has 0 aliphatic heterocycles. The SMILES string of the molecule is CC(Cc1cccc(CO)c1)Nc1nccc(N(C)c2cc(NC(=O)OC(C)(C)C)nc(-c3ccccc3)n2)n1. The summed E-state index contributed by atoms with van der Waals surface area (Å²) in [6, 6.07) is 20.9. The van der Waals surface area contributed by atoms with Gasteiger partial charge in [-0.1, -0.05) is 54.6 Å². The van der Waals surface area contributed by atoms with Crippen LogP contribution < -0.4 is 15.5 Å². The number of aromatic nitrogens is 4. The summed E-state index contributed by atoms with van der Waals surface area (Å²) in [7, 11) is 1.84. The standard InChI is InChI=1S/C30H35N7O3/c1-20(16-21-10-9-11-22(17-21)19-38)32-28-31-15-14-25(36-28)37(5)26-18-24(34-29(39)40-30(2,3)4)33-27(35-26)23-12-7-6-8-13-23/h6-15,17-18,20,38H,16,19H2,1-5H3,(H,31,32,36)(H,33,34,35,39). The van der Waals surface area contributed by atoms with E-state index in [4.69, 9.17) is 14.7 Å². The highest BCUT2D eigenvalue weighted by atomic mass is 16.6. The molecule has 2 heterocycles. The Morgan fingerprint density at radius 1 is 0.975 bits per heavy atom. The van der Waals surface area contributed by atoms with Crippen LogP contribution in [0.4, 0.5) is 28.2 Å². The molecule has 10 heteroatoms. The van der Waals surface area contributed by atoms with Crippen LogP contribution in [0.15, 0.2) is 72.9 Å². The first kappa shape index (κ1) is 28.4. The number of nitrogens with zero attached hydrogens (tertiary/aromatic N) is 5. The van der Waals surface area contributed by atoms with Gasteiger partial charge in [-0.2, -0.15) is 4.98 Å². The lowest BCUT2D eigenvalue weighted by Crippen LogP contribution is -2.27. The molecule has 2 aromatic carbocycles. The first-order valence-corrected chi connectivity index (χ1v) is 13.1. The quantitative estimate of drug-likeness (QED) is 0.249. The summed E-state index contributed by atoms with van der Waals surface area (Å²) in [5.74, 6) is 2.35. The van der Waals surface area contributed by atoms with Gasteiger partial charge in [0.25, 0.3) is 0 Å². The number of nitrogens with one attached hydrogen (secondary N) is 2. The fourth-order valence-electron chi connectivity index (χ4n) is 4.00. The van der Waals surface area contributed by atoms with Gasteiger partial charge < -0.3 is 20.1 Å². The summed E-state index contributed by atoms with van der Waals surface area (Å²) in [5, 5.41) is 15.5. The summed E-state index contributed by atoms with van der Waals surface area (Å²) in [5.41, 5.74) is 2.14. The maximum atomic E-state index is 12.5. The molecule has 40 heavy (non-hydrogen) atoms. The van der Waals surface area contributed by atoms with Crippen molar-refractivity contribution >= 4 is 29.5 Å². The molecule has 4 rings (SSSR count). The maximum absolute atomic E-state index is 12.5. The topological polar surface area (TPSA) is 125 Å². The lowest BCUT2D eigenvalue weighted by atomic mass is 10.0. The average Bonchev–Trinajstić information content (AvgIpc) is 2.92. The van der Waals surface area contributed by atoms with Crippen molar-refractivity contribution in [3.63, 3.8) is 0 Å². The van der Waals surface area contributed by atoms with Crippen LogP contribution in [0.2, 0.25) is 0 Å². The third-order valence-electron chi connectivity index (χ3n) is 5.79. The third kappa shape index (κ3) is 7.97. The number of carbonyl (C=O) groups excluding carboxylic acids is 1. The van der Waals surface area contributed by atoms with E-state index in [2.05, 4.69) is 27.5 Å². The average molecular weight is 542 g/mol. The van der Waals surface area contributed by atoms with E-state index in [0.717, 1.165) is 23.1 Å². The molecule has 0 fully saturated rings. The number of ether oxygens (including phenoxy) is 1. The summed E-state index contributed by atoms with van der Waals surface area (Å²) in [4.78, 5) is 32.7. The number of hydrogen-bond donors (Lipinski definition) is 3. The van der Waals surface area contributed by atoms with Gasteiger partial charge in [0.15, 0.2) is 5.82 Å². The van der Waals surface area contributed by atoms with Gasteiger partial charge in [0.2, 0.25) is 5.95 Å². The molecule has 0 aliphatic carbocycles. The van der Waals surface area contributed by atoms with E-state index in [1.807, 2.05) is 61.6 Å². The van der Waals surface area contributed by atoms with Gasteiger partial charge in [0.1, 0.15) is 23.1 Å². The molecule has 0 saturated heterocycles. The van der Waals surface area contributed by atoms with E-state index < -0.39 is 11.7 Å². The third-order valence-corrected chi connectivity index (χ3v) is 5.79. The highest BCUT2D eigenvalue weighted by Gasteiger charge is 2.19. The molecule has 4 aromatic rings. The predicted octanol–water partition coefficient (Wildman–Crippen LogP) is 5.58. The van der Waals surface area contributed by atoms with Gasteiger partial charge in [0.05, 0.1) is 6.61 Å². The van der Waals surface area contributed by atoms with Crippen molar-refractivity contribution in [2.45, 2.75) is 52.4 Å². The molecular formula is C30H35N7O3. The van der Waals surface area contributed by atoms with Crippen LogP contribution in [0.25, 0.3) is 11.4 Å². The highest BCUT2D eigenvalue weighted by Crippen LogP contribution is 2.26. The molecule has 1 atom stereocenters. The second-order valence-electron chi connectivity index (χ2n) is 10.5. The lowest BCUT2D eigenvalue weighted by Gasteiger charge is -2.21. The first-order valence-electron chi connectivity index (χ1n) is 13.1. The summed E-state index contributed by atoms with van der Waals surface area (Å²) in [6.45, 7) is 7.46. The van der Waals surface area contributed by atoms with E-state index in [1.54, 1.807) is 44.0 Å². The molecule has 0 bridgehead atoms. The van der Waals surface area contributed by atoms with Crippen molar-refractivity contribution in [1.29, 1.82) is 0 Å². The largest absolute Gasteiger partial charge is 0.444 e. The Kier molecular flexibility index (Phi) is 8.90. The summed E-state index contributed by atoms with van der Waals surface area (Å²) in [6.07, 6.45) is 1.81. The zero-order chi connectivity index (χ0) is 28.7. The second kappa shape index (κ2) is 12.5. The zero-order valence-electron chi connectivity index (χ0n) is 23.4. The van der Waals surface area contributed by atoms with Gasteiger partial charge in [-0.25, -0.2) is 19.7 Å². The van der Waals surface area contributed by atoms with Gasteiger partial charge in [-0.15, -0.1) is 0 Å². The molecule has 208 valence electrons. The highest BCUT2D eigenvalue weighted by molar-refractivity contribution is 5.85. The Morgan fingerprint density at radius 2 is 1.73 bits per heavy atom. The minimum absolute atomic E-state index is 0.0111. The van der Waals surface area contributed by atoms with E-state index in [-0.39, 0.29) is 12.6 Å². The van der Waals surface area contributed by atoms with Crippen LogP contribution in [0.3, 0.4) is 0 Å². The Morgan fingerprint density at radius 3 is 2.45 bits per heavy atom. The van der Waals surface area contributed by atoms with Crippen LogP contribution >= 0.6 is 0 Å². The molecule has 3 N–H and O–H groups in total. The van der Waals surface area contributed by atoms with E-state index in [9.17, 15) is 9.90 Å². The Hall–Kier alpha value is -4.57. The first-order chi connectivity index (χ1) is 19.1. The van der Waals surface area contributed by atoms with Crippen molar-refractivity contribution in [3.05, 3.63) is 84.1 Å². The molecular weight excluding hydrogens is 506 g/mol. The number of aliphatic hydroxyl groups excluding tert-OH is 1. The van der Waals surface area contributed by atoms with Crippen molar-refractivity contribution in [2.75, 3.05) is 22.6 Å². The lowest BCUT2D eigenvalue weighted by molar-refractivity contribution is 0.0635. The van der Waals surface area contributed by atoms with E-state index in [1.165, 1.54) is 0 Å². The maximum Gasteiger partial charge on any atom is 0.413 e. The Balaban J connectivity index is 1.57. The Bertz CT molecular complexity index is 1440. The fraction of sp³-hybridized carbons (Fsp3) is 0.300. The normalized spacial score (nSPS) is 11.9. The van der Waals surface area contributed by atoms with E-state index in [0.29, 0.717) is 29.2 Å². The van der Waals surface area contributed by atoms with Gasteiger partial charge in [-0.05, 0) is 51.3 Å². The minimum atomic E-state index is -0.651. The molecule has 0 radical (unpaired) electrons. The van der Waals surface area contributed by atoms with Gasteiger partial charge in [-0.3, -0.25) is 5.32 Å². The monoisotopic (exact) mass is 541 g/mol. The predicted molar refractivity (Wildman–Crippen MR) is 157 cm³/mol. The van der Waals surface area contributed by atoms with Crippen LogP contribution in [-0.2, 0) is 17.8 Å². The summed E-state index contributed by atoms with van der Waals surface area (Å²) >= 11 is 0. The van der Waals surface area contributed by atoms with Crippen molar-refractivity contribution < 1.29 is 14.6 Å². The smallest absolute Gasteiger partial charge is 0.413 e. The van der Waals surface area contributed by atoms with Crippen LogP contribution in [0, 0.1) is 0 Å². The molecule has 1 unspecified atom stereocenters. The molecule has 10 nitrogen and oxygen atoms in total. The van der Waals surface area contributed by atoms with Gasteiger partial charge in [0, 0.05) is 30.9 Å². The molecule has 0 saturated carbocycles. The molecule has 0 spiro atoms. The van der Waals surface area contributed by atoms with E-state index >= 15 is 0 Å². The Labute approximate surface area is 234 Å². The van der Waals surface area contributed by atoms with Crippen molar-refractivity contribution in [1.82, 2.24) is 19.9 Å². The number of benzene rings is 2. The van der Waals surface area contributed by atoms with Gasteiger partial charge >= 0.3 is 6.09 Å². The number of hydrogen-bond acceptors (Lipinski definition) is 9. The van der Waals surface area contributed by atoms with Crippen molar-refractivity contribution in [3.8, 4) is 11.4 Å². The second-order valence-corrected chi connectivity index (χ2v) is 10.5.